The third-order valence-corrected chi connectivity index (χ3v) is 3.01. The molecule has 0 heterocycles. The molecule has 0 aromatic heterocycles. The highest BCUT2D eigenvalue weighted by atomic mass is 16.5. The van der Waals surface area contributed by atoms with Crippen LogP contribution in [0.5, 0.6) is 11.5 Å². The van der Waals surface area contributed by atoms with Crippen LogP contribution in [-0.4, -0.2) is 18.0 Å². The number of ether oxygens (including phenoxy) is 1. The van der Waals surface area contributed by atoms with Crippen LogP contribution in [0.1, 0.15) is 21.5 Å². The van der Waals surface area contributed by atoms with Crippen LogP contribution in [-0.2, 0) is 0 Å². The molecule has 0 fully saturated rings. The van der Waals surface area contributed by atoms with Gasteiger partial charge in [0, 0.05) is 5.56 Å². The lowest BCUT2D eigenvalue weighted by Crippen LogP contribution is -1.93. The molecule has 3 nitrogen and oxygen atoms in total. The van der Waals surface area contributed by atoms with E-state index in [1.54, 1.807) is 25.3 Å². The molecule has 0 saturated carbocycles. The van der Waals surface area contributed by atoms with Gasteiger partial charge in [-0.05, 0) is 54.5 Å². The largest absolute Gasteiger partial charge is 0.508 e. The molecule has 2 rings (SSSR count). The van der Waals surface area contributed by atoms with E-state index in [-0.39, 0.29) is 11.5 Å². The van der Waals surface area contributed by atoms with Crippen molar-refractivity contribution < 1.29 is 14.6 Å². The van der Waals surface area contributed by atoms with E-state index in [2.05, 4.69) is 0 Å². The van der Waals surface area contributed by atoms with Crippen LogP contribution < -0.4 is 4.74 Å². The molecular formula is C17H16O3. The second-order valence-corrected chi connectivity index (χ2v) is 4.47. The van der Waals surface area contributed by atoms with Crippen LogP contribution in [0.25, 0.3) is 6.08 Å². The Morgan fingerprint density at radius 2 is 1.85 bits per heavy atom. The number of methoxy groups -OCH3 is 1. The zero-order valence-electron chi connectivity index (χ0n) is 11.5. The molecule has 102 valence electrons. The lowest BCUT2D eigenvalue weighted by molar-refractivity contribution is 0.104. The van der Waals surface area contributed by atoms with Crippen molar-refractivity contribution in [2.45, 2.75) is 6.92 Å². The minimum Gasteiger partial charge on any atom is -0.508 e. The smallest absolute Gasteiger partial charge is 0.185 e. The SMILES string of the molecule is COc1cc(/C=C/C(=O)c2ccc(O)cc2)ccc1C. The summed E-state index contributed by atoms with van der Waals surface area (Å²) >= 11 is 0. The van der Waals surface area contributed by atoms with Crippen molar-refractivity contribution in [2.24, 2.45) is 0 Å². The Labute approximate surface area is 118 Å². The van der Waals surface area contributed by atoms with Gasteiger partial charge in [-0.25, -0.2) is 0 Å². The van der Waals surface area contributed by atoms with Crippen molar-refractivity contribution >= 4 is 11.9 Å². The van der Waals surface area contributed by atoms with Gasteiger partial charge in [0.25, 0.3) is 0 Å². The first-order valence-corrected chi connectivity index (χ1v) is 6.26. The maximum atomic E-state index is 12.0. The molecular weight excluding hydrogens is 252 g/mol. The standard InChI is InChI=1S/C17H16O3/c1-12-3-4-13(11-17(12)20-2)5-10-16(19)14-6-8-15(18)9-7-14/h3-11,18H,1-2H3/b10-5+. The van der Waals surface area contributed by atoms with Gasteiger partial charge in [-0.2, -0.15) is 0 Å². The Morgan fingerprint density at radius 3 is 2.50 bits per heavy atom. The average Bonchev–Trinajstić information content (AvgIpc) is 2.46. The second kappa shape index (κ2) is 6.06. The molecule has 2 aromatic carbocycles. The molecule has 0 spiro atoms. The molecule has 0 saturated heterocycles. The predicted octanol–water partition coefficient (Wildman–Crippen LogP) is 3.61. The fourth-order valence-corrected chi connectivity index (χ4v) is 1.83. The van der Waals surface area contributed by atoms with Crippen LogP contribution in [0.15, 0.2) is 48.5 Å². The van der Waals surface area contributed by atoms with Crippen LogP contribution >= 0.6 is 0 Å². The quantitative estimate of drug-likeness (QED) is 0.680. The van der Waals surface area contributed by atoms with E-state index < -0.39 is 0 Å². The van der Waals surface area contributed by atoms with E-state index in [1.165, 1.54) is 18.2 Å². The van der Waals surface area contributed by atoms with Crippen molar-refractivity contribution in [2.75, 3.05) is 7.11 Å². The molecule has 0 bridgehead atoms. The third kappa shape index (κ3) is 3.26. The normalized spacial score (nSPS) is 10.7. The molecule has 0 aliphatic carbocycles. The first kappa shape index (κ1) is 13.9. The summed E-state index contributed by atoms with van der Waals surface area (Å²) in [6.07, 6.45) is 3.26. The van der Waals surface area contributed by atoms with E-state index in [4.69, 9.17) is 4.74 Å². The number of carbonyl (C=O) groups excluding carboxylic acids is 1. The summed E-state index contributed by atoms with van der Waals surface area (Å²) in [7, 11) is 1.62. The summed E-state index contributed by atoms with van der Waals surface area (Å²) in [4.78, 5) is 12.0. The van der Waals surface area contributed by atoms with Crippen LogP contribution in [0.2, 0.25) is 0 Å². The van der Waals surface area contributed by atoms with Gasteiger partial charge in [0.1, 0.15) is 11.5 Å². The number of benzene rings is 2. The zero-order chi connectivity index (χ0) is 14.5. The van der Waals surface area contributed by atoms with Crippen molar-refractivity contribution in [1.29, 1.82) is 0 Å². The number of allylic oxidation sites excluding steroid dienone is 1. The van der Waals surface area contributed by atoms with Crippen molar-refractivity contribution in [3.63, 3.8) is 0 Å². The highest BCUT2D eigenvalue weighted by molar-refractivity contribution is 6.06. The number of phenols is 1. The Morgan fingerprint density at radius 1 is 1.15 bits per heavy atom. The highest BCUT2D eigenvalue weighted by Crippen LogP contribution is 2.20. The lowest BCUT2D eigenvalue weighted by Gasteiger charge is -2.04. The maximum Gasteiger partial charge on any atom is 0.185 e. The molecule has 0 unspecified atom stereocenters. The Hall–Kier alpha value is -2.55. The number of aryl methyl sites for hydroxylation is 1. The van der Waals surface area contributed by atoms with Gasteiger partial charge in [-0.1, -0.05) is 18.2 Å². The van der Waals surface area contributed by atoms with Gasteiger partial charge in [0.05, 0.1) is 7.11 Å². The average molecular weight is 268 g/mol. The topological polar surface area (TPSA) is 46.5 Å². The second-order valence-electron chi connectivity index (χ2n) is 4.47. The Kier molecular flexibility index (Phi) is 4.20. The number of ketones is 1. The summed E-state index contributed by atoms with van der Waals surface area (Å²) in [5, 5.41) is 9.19. The van der Waals surface area contributed by atoms with Crippen LogP contribution in [0.3, 0.4) is 0 Å². The zero-order valence-corrected chi connectivity index (χ0v) is 11.5. The molecule has 0 amide bonds. The first-order chi connectivity index (χ1) is 9.60. The number of hydrogen-bond donors (Lipinski definition) is 1. The fraction of sp³-hybridized carbons (Fsp3) is 0.118. The van der Waals surface area contributed by atoms with Crippen molar-refractivity contribution in [3.05, 3.63) is 65.2 Å². The van der Waals surface area contributed by atoms with Gasteiger partial charge in [0.15, 0.2) is 5.78 Å². The van der Waals surface area contributed by atoms with Crippen molar-refractivity contribution in [1.82, 2.24) is 0 Å². The summed E-state index contributed by atoms with van der Waals surface area (Å²) in [5.74, 6) is 0.836. The van der Waals surface area contributed by atoms with Crippen LogP contribution in [0, 0.1) is 6.92 Å². The van der Waals surface area contributed by atoms with E-state index in [1.807, 2.05) is 25.1 Å². The van der Waals surface area contributed by atoms with E-state index in [0.29, 0.717) is 5.56 Å². The van der Waals surface area contributed by atoms with Gasteiger partial charge in [-0.15, -0.1) is 0 Å². The summed E-state index contributed by atoms with van der Waals surface area (Å²) < 4.78 is 5.24. The van der Waals surface area contributed by atoms with E-state index >= 15 is 0 Å². The minimum atomic E-state index is -0.107. The van der Waals surface area contributed by atoms with E-state index in [0.717, 1.165) is 16.9 Å². The number of carbonyl (C=O) groups is 1. The molecule has 3 heteroatoms. The number of rotatable bonds is 4. The van der Waals surface area contributed by atoms with Crippen LogP contribution in [0.4, 0.5) is 0 Å². The molecule has 2 aromatic rings. The predicted molar refractivity (Wildman–Crippen MR) is 79.2 cm³/mol. The Bertz CT molecular complexity index is 640. The summed E-state index contributed by atoms with van der Waals surface area (Å²) in [6.45, 7) is 1.97. The Balaban J connectivity index is 2.16. The third-order valence-electron chi connectivity index (χ3n) is 3.01. The van der Waals surface area contributed by atoms with Gasteiger partial charge in [0.2, 0.25) is 0 Å². The molecule has 0 atom stereocenters. The summed E-state index contributed by atoms with van der Waals surface area (Å²) in [6, 6.07) is 11.9. The highest BCUT2D eigenvalue weighted by Gasteiger charge is 2.02. The molecule has 0 aliphatic heterocycles. The molecule has 20 heavy (non-hydrogen) atoms. The fourth-order valence-electron chi connectivity index (χ4n) is 1.83. The maximum absolute atomic E-state index is 12.0. The first-order valence-electron chi connectivity index (χ1n) is 6.26. The lowest BCUT2D eigenvalue weighted by atomic mass is 10.1. The monoisotopic (exact) mass is 268 g/mol. The van der Waals surface area contributed by atoms with Gasteiger partial charge in [-0.3, -0.25) is 4.79 Å². The van der Waals surface area contributed by atoms with Gasteiger partial charge >= 0.3 is 0 Å². The number of aromatic hydroxyl groups is 1. The summed E-state index contributed by atoms with van der Waals surface area (Å²) in [5.41, 5.74) is 2.49. The van der Waals surface area contributed by atoms with E-state index in [9.17, 15) is 9.90 Å². The number of phenolic OH excluding ortho intramolecular Hbond substituents is 1. The van der Waals surface area contributed by atoms with Gasteiger partial charge < -0.3 is 9.84 Å². The van der Waals surface area contributed by atoms with Crippen molar-refractivity contribution in [3.8, 4) is 11.5 Å². The number of hydrogen-bond acceptors (Lipinski definition) is 3. The molecule has 0 radical (unpaired) electrons. The minimum absolute atomic E-state index is 0.107. The molecule has 0 aliphatic rings. The molecule has 1 N–H and O–H groups in total.